The smallest absolute Gasteiger partial charge is 0.149 e. The normalized spacial score (nSPS) is 10.8. The topological polar surface area (TPSA) is 66.7 Å². The van der Waals surface area contributed by atoms with Crippen LogP contribution < -0.4 is 10.2 Å². The van der Waals surface area contributed by atoms with Crippen molar-refractivity contribution in [3.63, 3.8) is 0 Å². The van der Waals surface area contributed by atoms with E-state index in [2.05, 4.69) is 15.5 Å². The number of aromatic nitrogens is 1. The fourth-order valence-corrected chi connectivity index (χ4v) is 1.93. The average Bonchev–Trinajstić information content (AvgIpc) is 2.40. The van der Waals surface area contributed by atoms with Crippen molar-refractivity contribution in [3.8, 4) is 11.5 Å². The molecule has 0 saturated carbocycles. The highest BCUT2D eigenvalue weighted by Crippen LogP contribution is 2.21. The van der Waals surface area contributed by atoms with Gasteiger partial charge >= 0.3 is 0 Å². The molecule has 5 nitrogen and oxygen atoms in total. The van der Waals surface area contributed by atoms with Crippen molar-refractivity contribution in [1.82, 2.24) is 4.98 Å². The van der Waals surface area contributed by atoms with E-state index in [0.29, 0.717) is 22.2 Å². The van der Waals surface area contributed by atoms with Crippen LogP contribution in [0.4, 0.5) is 5.82 Å². The van der Waals surface area contributed by atoms with Gasteiger partial charge in [-0.2, -0.15) is 5.10 Å². The number of rotatable bonds is 4. The first-order valence-corrected chi connectivity index (χ1v) is 6.33. The molecule has 1 aromatic carbocycles. The number of halogens is 2. The van der Waals surface area contributed by atoms with Crippen molar-refractivity contribution in [1.29, 1.82) is 0 Å². The SMILES string of the molecule is COc1ccc(O)c(C=NNc2cc(Cl)cc(Cl)n2)c1. The van der Waals surface area contributed by atoms with Gasteiger partial charge in [0.2, 0.25) is 0 Å². The lowest BCUT2D eigenvalue weighted by molar-refractivity contribution is 0.412. The molecule has 0 amide bonds. The average molecular weight is 312 g/mol. The number of methoxy groups -OCH3 is 1. The number of aromatic hydroxyl groups is 1. The van der Waals surface area contributed by atoms with E-state index in [1.807, 2.05) is 0 Å². The molecule has 0 aliphatic heterocycles. The van der Waals surface area contributed by atoms with E-state index in [9.17, 15) is 5.11 Å². The molecule has 1 aromatic heterocycles. The summed E-state index contributed by atoms with van der Waals surface area (Å²) < 4.78 is 5.07. The van der Waals surface area contributed by atoms with E-state index in [-0.39, 0.29) is 10.9 Å². The Morgan fingerprint density at radius 3 is 2.80 bits per heavy atom. The van der Waals surface area contributed by atoms with Gasteiger partial charge in [0, 0.05) is 16.7 Å². The standard InChI is InChI=1S/C13H11Cl2N3O2/c1-20-10-2-3-11(19)8(4-10)7-16-18-13-6-9(14)5-12(15)17-13/h2-7,19H,1H3,(H,17,18). The maximum Gasteiger partial charge on any atom is 0.149 e. The quantitative estimate of drug-likeness (QED) is 0.515. The third kappa shape index (κ3) is 3.76. The molecule has 0 spiro atoms. The fourth-order valence-electron chi connectivity index (χ4n) is 1.45. The van der Waals surface area contributed by atoms with Crippen LogP contribution in [0.1, 0.15) is 5.56 Å². The minimum absolute atomic E-state index is 0.0911. The lowest BCUT2D eigenvalue weighted by atomic mass is 10.2. The van der Waals surface area contributed by atoms with Gasteiger partial charge in [-0.05, 0) is 24.3 Å². The van der Waals surface area contributed by atoms with Gasteiger partial charge in [-0.25, -0.2) is 4.98 Å². The number of nitrogens with one attached hydrogen (secondary N) is 1. The second-order valence-corrected chi connectivity index (χ2v) is 4.61. The molecule has 0 bridgehead atoms. The van der Waals surface area contributed by atoms with Crippen molar-refractivity contribution < 1.29 is 9.84 Å². The summed E-state index contributed by atoms with van der Waals surface area (Å²) in [6.07, 6.45) is 1.44. The van der Waals surface area contributed by atoms with Crippen LogP contribution in [0.25, 0.3) is 0 Å². The summed E-state index contributed by atoms with van der Waals surface area (Å²) in [4.78, 5) is 3.99. The Morgan fingerprint density at radius 2 is 2.10 bits per heavy atom. The molecule has 1 heterocycles. The molecule has 0 atom stereocenters. The van der Waals surface area contributed by atoms with Gasteiger partial charge in [0.15, 0.2) is 0 Å². The van der Waals surface area contributed by atoms with Gasteiger partial charge in [0.05, 0.1) is 13.3 Å². The number of hydrogen-bond donors (Lipinski definition) is 2. The highest BCUT2D eigenvalue weighted by atomic mass is 35.5. The molecule has 0 fully saturated rings. The molecule has 7 heteroatoms. The lowest BCUT2D eigenvalue weighted by Gasteiger charge is -2.03. The van der Waals surface area contributed by atoms with Crippen molar-refractivity contribution in [2.24, 2.45) is 5.10 Å². The number of anilines is 1. The summed E-state index contributed by atoms with van der Waals surface area (Å²) in [6, 6.07) is 7.92. The van der Waals surface area contributed by atoms with Gasteiger partial charge in [-0.15, -0.1) is 0 Å². The predicted octanol–water partition coefficient (Wildman–Crippen LogP) is 3.55. The number of pyridine rings is 1. The maximum atomic E-state index is 9.68. The molecule has 0 saturated heterocycles. The van der Waals surface area contributed by atoms with Crippen molar-refractivity contribution in [2.45, 2.75) is 0 Å². The molecular formula is C13H11Cl2N3O2. The van der Waals surface area contributed by atoms with Gasteiger partial charge < -0.3 is 9.84 Å². The molecule has 0 aliphatic carbocycles. The number of nitrogens with zero attached hydrogens (tertiary/aromatic N) is 2. The van der Waals surface area contributed by atoms with Crippen LogP contribution in [0.2, 0.25) is 10.2 Å². The fraction of sp³-hybridized carbons (Fsp3) is 0.0769. The Balaban J connectivity index is 2.13. The molecule has 20 heavy (non-hydrogen) atoms. The first-order chi connectivity index (χ1) is 9.58. The Kier molecular flexibility index (Phi) is 4.65. The zero-order chi connectivity index (χ0) is 14.5. The van der Waals surface area contributed by atoms with Crippen LogP contribution in [0, 0.1) is 0 Å². The monoisotopic (exact) mass is 311 g/mol. The highest BCUT2D eigenvalue weighted by Gasteiger charge is 2.01. The van der Waals surface area contributed by atoms with E-state index in [0.717, 1.165) is 0 Å². The van der Waals surface area contributed by atoms with E-state index in [4.69, 9.17) is 27.9 Å². The largest absolute Gasteiger partial charge is 0.507 e. The zero-order valence-corrected chi connectivity index (χ0v) is 12.0. The Bertz CT molecular complexity index is 627. The summed E-state index contributed by atoms with van der Waals surface area (Å²) in [6.45, 7) is 0. The van der Waals surface area contributed by atoms with Crippen LogP contribution in [0.3, 0.4) is 0 Å². The van der Waals surface area contributed by atoms with Crippen LogP contribution in [-0.2, 0) is 0 Å². The number of phenolic OH excluding ortho intramolecular Hbond substituents is 1. The second-order valence-electron chi connectivity index (χ2n) is 3.79. The van der Waals surface area contributed by atoms with Crippen LogP contribution in [0.15, 0.2) is 35.4 Å². The summed E-state index contributed by atoms with van der Waals surface area (Å²) in [5, 5.41) is 14.4. The zero-order valence-electron chi connectivity index (χ0n) is 10.5. The van der Waals surface area contributed by atoms with E-state index < -0.39 is 0 Å². The Hall–Kier alpha value is -1.98. The molecule has 0 radical (unpaired) electrons. The molecule has 104 valence electrons. The van der Waals surface area contributed by atoms with Crippen molar-refractivity contribution in [3.05, 3.63) is 46.1 Å². The predicted molar refractivity (Wildman–Crippen MR) is 80.1 cm³/mol. The molecule has 0 unspecified atom stereocenters. The summed E-state index contributed by atoms with van der Waals surface area (Å²) in [5.41, 5.74) is 3.18. The minimum Gasteiger partial charge on any atom is -0.507 e. The van der Waals surface area contributed by atoms with Crippen LogP contribution in [-0.4, -0.2) is 23.4 Å². The first kappa shape index (κ1) is 14.4. The Labute approximate surface area is 125 Å². The Morgan fingerprint density at radius 1 is 1.30 bits per heavy atom. The van der Waals surface area contributed by atoms with E-state index in [1.165, 1.54) is 18.3 Å². The molecule has 2 N–H and O–H groups in total. The van der Waals surface area contributed by atoms with Gasteiger partial charge in [0.25, 0.3) is 0 Å². The van der Waals surface area contributed by atoms with Crippen LogP contribution in [0.5, 0.6) is 11.5 Å². The second kappa shape index (κ2) is 6.45. The summed E-state index contributed by atoms with van der Waals surface area (Å²) >= 11 is 11.6. The molecule has 2 rings (SSSR count). The van der Waals surface area contributed by atoms with Gasteiger partial charge in [-0.3, -0.25) is 5.43 Å². The molecule has 2 aromatic rings. The highest BCUT2D eigenvalue weighted by molar-refractivity contribution is 6.34. The minimum atomic E-state index is 0.0911. The van der Waals surface area contributed by atoms with Gasteiger partial charge in [0.1, 0.15) is 22.5 Å². The lowest BCUT2D eigenvalue weighted by Crippen LogP contribution is -1.94. The van der Waals surface area contributed by atoms with Gasteiger partial charge in [-0.1, -0.05) is 23.2 Å². The molecular weight excluding hydrogens is 301 g/mol. The first-order valence-electron chi connectivity index (χ1n) is 5.57. The van der Waals surface area contributed by atoms with E-state index in [1.54, 1.807) is 25.3 Å². The number of hydrogen-bond acceptors (Lipinski definition) is 5. The van der Waals surface area contributed by atoms with Crippen LogP contribution >= 0.6 is 23.2 Å². The number of benzene rings is 1. The van der Waals surface area contributed by atoms with Crippen molar-refractivity contribution in [2.75, 3.05) is 12.5 Å². The van der Waals surface area contributed by atoms with Crippen molar-refractivity contribution >= 4 is 35.2 Å². The number of phenols is 1. The molecule has 0 aliphatic rings. The van der Waals surface area contributed by atoms with E-state index >= 15 is 0 Å². The third-order valence-corrected chi connectivity index (χ3v) is 2.79. The summed E-state index contributed by atoms with van der Waals surface area (Å²) in [7, 11) is 1.55. The third-order valence-electron chi connectivity index (χ3n) is 2.38. The number of hydrazone groups is 1. The maximum absolute atomic E-state index is 9.68. The summed E-state index contributed by atoms with van der Waals surface area (Å²) in [5.74, 6) is 1.11. The number of ether oxygens (including phenoxy) is 1.